The summed E-state index contributed by atoms with van der Waals surface area (Å²) in [5.74, 6) is 0. The van der Waals surface area contributed by atoms with Gasteiger partial charge in [0.1, 0.15) is 0 Å². The summed E-state index contributed by atoms with van der Waals surface area (Å²) < 4.78 is 2.11. The quantitative estimate of drug-likeness (QED) is 0.404. The van der Waals surface area contributed by atoms with Gasteiger partial charge in [-0.1, -0.05) is 39.1 Å². The molecule has 1 heterocycles. The highest BCUT2D eigenvalue weighted by atomic mass is 79.9. The van der Waals surface area contributed by atoms with Gasteiger partial charge < -0.3 is 0 Å². The van der Waals surface area contributed by atoms with Crippen molar-refractivity contribution in [3.63, 3.8) is 0 Å². The van der Waals surface area contributed by atoms with Crippen molar-refractivity contribution in [1.82, 2.24) is 0 Å². The van der Waals surface area contributed by atoms with E-state index in [0.29, 0.717) is 10.0 Å². The van der Waals surface area contributed by atoms with E-state index in [1.165, 1.54) is 0 Å². The molecule has 90 valence electrons. The highest BCUT2D eigenvalue weighted by Gasteiger charge is 2.17. The van der Waals surface area contributed by atoms with Crippen LogP contribution in [0.3, 0.4) is 0 Å². The molecule has 17 heavy (non-hydrogen) atoms. The second-order valence-corrected chi connectivity index (χ2v) is 8.31. The van der Waals surface area contributed by atoms with Crippen LogP contribution in [0.1, 0.15) is 15.3 Å². The Balaban J connectivity index is 2.42. The molecular weight excluding hydrogens is 475 g/mol. The van der Waals surface area contributed by atoms with Gasteiger partial charge in [0.2, 0.25) is 0 Å². The van der Waals surface area contributed by atoms with Crippen molar-refractivity contribution in [2.75, 3.05) is 0 Å². The molecule has 0 bridgehead atoms. The SMILES string of the molecule is Clc1ccc(Cl)c(C(Br)c2cc(Br)c(Br)s2)c1. The van der Waals surface area contributed by atoms with Crippen molar-refractivity contribution in [2.24, 2.45) is 0 Å². The van der Waals surface area contributed by atoms with E-state index in [4.69, 9.17) is 23.2 Å². The predicted octanol–water partition coefficient (Wildman–Crippen LogP) is 7.06. The Morgan fingerprint density at radius 1 is 1.12 bits per heavy atom. The molecule has 1 aromatic carbocycles. The van der Waals surface area contributed by atoms with Crippen LogP contribution in [0.5, 0.6) is 0 Å². The number of alkyl halides is 1. The van der Waals surface area contributed by atoms with E-state index in [0.717, 1.165) is 18.7 Å². The van der Waals surface area contributed by atoms with Crippen molar-refractivity contribution in [2.45, 2.75) is 4.83 Å². The van der Waals surface area contributed by atoms with E-state index in [1.54, 1.807) is 17.4 Å². The first-order chi connectivity index (χ1) is 7.99. The molecule has 0 saturated carbocycles. The molecule has 1 unspecified atom stereocenters. The zero-order chi connectivity index (χ0) is 12.6. The first-order valence-electron chi connectivity index (χ1n) is 4.53. The Bertz CT molecular complexity index is 534. The van der Waals surface area contributed by atoms with Crippen LogP contribution in [0.15, 0.2) is 32.5 Å². The summed E-state index contributed by atoms with van der Waals surface area (Å²) >= 11 is 24.4. The molecule has 1 atom stereocenters. The first kappa shape index (κ1) is 14.4. The minimum atomic E-state index is 0.0429. The summed E-state index contributed by atoms with van der Waals surface area (Å²) in [4.78, 5) is 1.20. The Kier molecular flexibility index (Phi) is 5.01. The fraction of sp³-hybridized carbons (Fsp3) is 0.0909. The highest BCUT2D eigenvalue weighted by Crippen LogP contribution is 2.43. The van der Waals surface area contributed by atoms with Crippen LogP contribution >= 0.6 is 82.3 Å². The molecule has 2 rings (SSSR count). The molecule has 0 saturated heterocycles. The fourth-order valence-corrected chi connectivity index (χ4v) is 4.77. The lowest BCUT2D eigenvalue weighted by Crippen LogP contribution is -1.90. The van der Waals surface area contributed by atoms with Crippen LogP contribution < -0.4 is 0 Å². The molecular formula is C11H5Br3Cl2S. The second kappa shape index (κ2) is 5.93. The normalized spacial score (nSPS) is 12.8. The van der Waals surface area contributed by atoms with Crippen LogP contribution in [0, 0.1) is 0 Å². The van der Waals surface area contributed by atoms with E-state index >= 15 is 0 Å². The average Bonchev–Trinajstić information content (AvgIpc) is 2.62. The average molecular weight is 480 g/mol. The molecule has 2 aromatic rings. The third-order valence-electron chi connectivity index (χ3n) is 2.15. The maximum atomic E-state index is 6.18. The maximum absolute atomic E-state index is 6.18. The molecule has 0 radical (unpaired) electrons. The van der Waals surface area contributed by atoms with Gasteiger partial charge in [-0.25, -0.2) is 0 Å². The Labute approximate surface area is 139 Å². The molecule has 0 aliphatic heterocycles. The lowest BCUT2D eigenvalue weighted by atomic mass is 10.1. The zero-order valence-corrected chi connectivity index (χ0v) is 15.3. The van der Waals surface area contributed by atoms with Crippen LogP contribution in [0.2, 0.25) is 10.0 Å². The van der Waals surface area contributed by atoms with E-state index in [-0.39, 0.29) is 4.83 Å². The van der Waals surface area contributed by atoms with Crippen molar-refractivity contribution in [3.8, 4) is 0 Å². The number of rotatable bonds is 2. The Hall–Kier alpha value is 0.940. The van der Waals surface area contributed by atoms with Gasteiger partial charge >= 0.3 is 0 Å². The van der Waals surface area contributed by atoms with Crippen molar-refractivity contribution >= 4 is 82.3 Å². The van der Waals surface area contributed by atoms with Crippen LogP contribution in [-0.4, -0.2) is 0 Å². The Morgan fingerprint density at radius 3 is 2.41 bits per heavy atom. The standard InChI is InChI=1S/C11H5Br3Cl2S/c12-7-4-9(17-11(7)14)10(13)6-3-5(15)1-2-8(6)16/h1-4,10H. The molecule has 0 N–H and O–H groups in total. The summed E-state index contributed by atoms with van der Waals surface area (Å²) in [6.07, 6.45) is 0. The van der Waals surface area contributed by atoms with Crippen molar-refractivity contribution in [1.29, 1.82) is 0 Å². The van der Waals surface area contributed by atoms with Crippen molar-refractivity contribution < 1.29 is 0 Å². The molecule has 0 fully saturated rings. The van der Waals surface area contributed by atoms with E-state index in [1.807, 2.05) is 12.1 Å². The first-order valence-corrected chi connectivity index (χ1v) is 8.60. The molecule has 0 aliphatic carbocycles. The summed E-state index contributed by atoms with van der Waals surface area (Å²) in [5, 5.41) is 1.39. The zero-order valence-electron chi connectivity index (χ0n) is 8.18. The topological polar surface area (TPSA) is 0 Å². The minimum Gasteiger partial charge on any atom is -0.131 e. The molecule has 1 aromatic heterocycles. The second-order valence-electron chi connectivity index (χ2n) is 3.30. The summed E-state index contributed by atoms with van der Waals surface area (Å²) in [6, 6.07) is 7.54. The maximum Gasteiger partial charge on any atom is 0.0843 e. The fourth-order valence-electron chi connectivity index (χ4n) is 1.35. The van der Waals surface area contributed by atoms with Gasteiger partial charge in [-0.15, -0.1) is 11.3 Å². The van der Waals surface area contributed by atoms with E-state index in [2.05, 4.69) is 53.9 Å². The molecule has 0 aliphatic rings. The lowest BCUT2D eigenvalue weighted by Gasteiger charge is -2.10. The van der Waals surface area contributed by atoms with Crippen LogP contribution in [0.25, 0.3) is 0 Å². The summed E-state index contributed by atoms with van der Waals surface area (Å²) in [7, 11) is 0. The van der Waals surface area contributed by atoms with Crippen LogP contribution in [-0.2, 0) is 0 Å². The van der Waals surface area contributed by atoms with Gasteiger partial charge in [0.25, 0.3) is 0 Å². The molecule has 6 heteroatoms. The third kappa shape index (κ3) is 3.28. The summed E-state index contributed by atoms with van der Waals surface area (Å²) in [6.45, 7) is 0. The highest BCUT2D eigenvalue weighted by molar-refractivity contribution is 9.13. The van der Waals surface area contributed by atoms with Gasteiger partial charge in [0, 0.05) is 19.4 Å². The molecule has 0 nitrogen and oxygen atoms in total. The summed E-state index contributed by atoms with van der Waals surface area (Å²) in [5.41, 5.74) is 0.973. The number of halogens is 5. The van der Waals surface area contributed by atoms with Gasteiger partial charge in [-0.3, -0.25) is 0 Å². The predicted molar refractivity (Wildman–Crippen MR) is 87.0 cm³/mol. The number of hydrogen-bond acceptors (Lipinski definition) is 1. The van der Waals surface area contributed by atoms with E-state index < -0.39 is 0 Å². The van der Waals surface area contributed by atoms with Crippen LogP contribution in [0.4, 0.5) is 0 Å². The van der Waals surface area contributed by atoms with Gasteiger partial charge in [-0.05, 0) is 61.7 Å². The monoisotopic (exact) mass is 476 g/mol. The number of hydrogen-bond donors (Lipinski definition) is 0. The largest absolute Gasteiger partial charge is 0.131 e. The van der Waals surface area contributed by atoms with Gasteiger partial charge in [0.05, 0.1) is 8.61 Å². The third-order valence-corrected chi connectivity index (χ3v) is 7.34. The number of benzene rings is 1. The van der Waals surface area contributed by atoms with Crippen molar-refractivity contribution in [3.05, 3.63) is 53.0 Å². The lowest BCUT2D eigenvalue weighted by molar-refractivity contribution is 1.22. The molecule has 0 spiro atoms. The Morgan fingerprint density at radius 2 is 1.82 bits per heavy atom. The van der Waals surface area contributed by atoms with E-state index in [9.17, 15) is 0 Å². The molecule has 0 amide bonds. The smallest absolute Gasteiger partial charge is 0.0843 e. The minimum absolute atomic E-state index is 0.0429. The number of thiophene rings is 1. The van der Waals surface area contributed by atoms with Gasteiger partial charge in [-0.2, -0.15) is 0 Å². The van der Waals surface area contributed by atoms with Gasteiger partial charge in [0.15, 0.2) is 0 Å².